The molecule has 0 saturated heterocycles. The number of nitrogens with zero attached hydrogens (tertiary/aromatic N) is 3. The van der Waals surface area contributed by atoms with Crippen molar-refractivity contribution < 1.29 is 4.79 Å². The van der Waals surface area contributed by atoms with E-state index in [-0.39, 0.29) is 17.3 Å². The van der Waals surface area contributed by atoms with Gasteiger partial charge in [0.25, 0.3) is 0 Å². The number of hydrogen-bond acceptors (Lipinski definition) is 6. The van der Waals surface area contributed by atoms with Crippen molar-refractivity contribution in [3.8, 4) is 0 Å². The van der Waals surface area contributed by atoms with E-state index in [1.807, 2.05) is 36.2 Å². The van der Waals surface area contributed by atoms with Crippen molar-refractivity contribution in [2.75, 3.05) is 26.4 Å². The van der Waals surface area contributed by atoms with Crippen LogP contribution in [0.5, 0.6) is 0 Å². The number of thiophene rings is 1. The number of fused-ring (bicyclic) bond motifs is 1. The van der Waals surface area contributed by atoms with Crippen LogP contribution in [0.3, 0.4) is 0 Å². The summed E-state index contributed by atoms with van der Waals surface area (Å²) in [5, 5.41) is 5.68. The van der Waals surface area contributed by atoms with E-state index in [0.717, 1.165) is 54.2 Å². The Kier molecular flexibility index (Phi) is 7.70. The highest BCUT2D eigenvalue weighted by Gasteiger charge is 2.21. The first kappa shape index (κ1) is 21.1. The molecule has 0 fully saturated rings. The second-order valence-electron chi connectivity index (χ2n) is 7.29. The Balaban J connectivity index is 1.66. The monoisotopic (exact) mass is 420 g/mol. The van der Waals surface area contributed by atoms with Gasteiger partial charge < -0.3 is 10.2 Å². The van der Waals surface area contributed by atoms with Crippen LogP contribution in [0.25, 0.3) is 0 Å². The van der Waals surface area contributed by atoms with Crippen LogP contribution < -0.4 is 11.0 Å². The number of nitrogens with one attached hydrogen (secondary N) is 1. The van der Waals surface area contributed by atoms with Gasteiger partial charge >= 0.3 is 5.69 Å². The summed E-state index contributed by atoms with van der Waals surface area (Å²) in [6.45, 7) is 2.21. The van der Waals surface area contributed by atoms with Crippen molar-refractivity contribution >= 4 is 29.0 Å². The van der Waals surface area contributed by atoms with Gasteiger partial charge in [-0.1, -0.05) is 17.8 Å². The average molecular weight is 421 g/mol. The Labute approximate surface area is 174 Å². The Morgan fingerprint density at radius 3 is 2.93 bits per heavy atom. The molecule has 2 aromatic rings. The van der Waals surface area contributed by atoms with Crippen molar-refractivity contribution in [2.24, 2.45) is 0 Å². The lowest BCUT2D eigenvalue weighted by atomic mass is 9.97. The molecule has 0 radical (unpaired) electrons. The topological polar surface area (TPSA) is 67.2 Å². The van der Waals surface area contributed by atoms with Crippen molar-refractivity contribution in [3.05, 3.63) is 44.1 Å². The molecule has 0 spiro atoms. The third kappa shape index (κ3) is 5.68. The van der Waals surface area contributed by atoms with Gasteiger partial charge in [-0.05, 0) is 64.2 Å². The van der Waals surface area contributed by atoms with Gasteiger partial charge in [0.2, 0.25) is 5.91 Å². The molecule has 0 aliphatic heterocycles. The molecular weight excluding hydrogens is 392 g/mol. The lowest BCUT2D eigenvalue weighted by Gasteiger charge is -2.23. The van der Waals surface area contributed by atoms with Crippen LogP contribution in [0, 0.1) is 0 Å². The molecule has 1 N–H and O–H groups in total. The van der Waals surface area contributed by atoms with Gasteiger partial charge in [-0.25, -0.2) is 4.79 Å². The van der Waals surface area contributed by atoms with Gasteiger partial charge in [0, 0.05) is 22.7 Å². The largest absolute Gasteiger partial charge is 0.350 e. The summed E-state index contributed by atoms with van der Waals surface area (Å²) in [5.41, 5.74) is 2.12. The predicted molar refractivity (Wildman–Crippen MR) is 115 cm³/mol. The van der Waals surface area contributed by atoms with Gasteiger partial charge in [-0.2, -0.15) is 4.98 Å². The van der Waals surface area contributed by atoms with Gasteiger partial charge in [0.1, 0.15) is 5.03 Å². The standard InChI is InChI=1S/C20H28N4O2S2/c1-23(2)10-6-11-24-17-9-4-3-8-16(17)19(22-20(24)26)28-14-18(25)21-13-15-7-5-12-27-15/h5,7,12H,3-4,6,8-11,13-14H2,1-2H3,(H,21,25). The fraction of sp³-hybridized carbons (Fsp3) is 0.550. The maximum Gasteiger partial charge on any atom is 0.348 e. The maximum atomic E-state index is 12.6. The first-order chi connectivity index (χ1) is 13.5. The summed E-state index contributed by atoms with van der Waals surface area (Å²) in [6.07, 6.45) is 5.01. The van der Waals surface area contributed by atoms with Gasteiger partial charge in [0.15, 0.2) is 0 Å². The quantitative estimate of drug-likeness (QED) is 0.499. The molecule has 0 bridgehead atoms. The van der Waals surface area contributed by atoms with E-state index in [9.17, 15) is 9.59 Å². The summed E-state index contributed by atoms with van der Waals surface area (Å²) in [6, 6.07) is 3.98. The normalized spacial score (nSPS) is 13.5. The SMILES string of the molecule is CN(C)CCCn1c2c(c(SCC(=O)NCc3cccs3)nc1=O)CCCC2. The molecule has 1 amide bonds. The van der Waals surface area contributed by atoms with E-state index in [2.05, 4.69) is 15.2 Å². The Hall–Kier alpha value is -1.64. The second kappa shape index (κ2) is 10.2. The molecule has 8 heteroatoms. The third-order valence-electron chi connectivity index (χ3n) is 4.82. The first-order valence-corrected chi connectivity index (χ1v) is 11.6. The van der Waals surface area contributed by atoms with E-state index in [1.165, 1.54) is 17.3 Å². The van der Waals surface area contributed by atoms with Crippen molar-refractivity contribution in [1.82, 2.24) is 19.8 Å². The third-order valence-corrected chi connectivity index (χ3v) is 6.71. The van der Waals surface area contributed by atoms with Crippen molar-refractivity contribution in [3.63, 3.8) is 0 Å². The summed E-state index contributed by atoms with van der Waals surface area (Å²) < 4.78 is 1.86. The predicted octanol–water partition coefficient (Wildman–Crippen LogP) is 2.54. The lowest BCUT2D eigenvalue weighted by molar-refractivity contribution is -0.118. The minimum Gasteiger partial charge on any atom is -0.350 e. The van der Waals surface area contributed by atoms with Crippen LogP contribution >= 0.6 is 23.1 Å². The molecule has 6 nitrogen and oxygen atoms in total. The van der Waals surface area contributed by atoms with Crippen LogP contribution in [0.15, 0.2) is 27.3 Å². The fourth-order valence-corrected chi connectivity index (χ4v) is 4.98. The molecule has 2 heterocycles. The minimum atomic E-state index is -0.180. The van der Waals surface area contributed by atoms with Crippen LogP contribution in [0.2, 0.25) is 0 Å². The molecule has 0 unspecified atom stereocenters. The van der Waals surface area contributed by atoms with E-state index in [1.54, 1.807) is 11.3 Å². The fourth-order valence-electron chi connectivity index (χ4n) is 3.43. The zero-order valence-corrected chi connectivity index (χ0v) is 18.2. The van der Waals surface area contributed by atoms with Crippen LogP contribution in [-0.2, 0) is 30.7 Å². The number of carbonyl (C=O) groups excluding carboxylic acids is 1. The minimum absolute atomic E-state index is 0.0279. The molecule has 2 aromatic heterocycles. The first-order valence-electron chi connectivity index (χ1n) is 9.74. The number of aromatic nitrogens is 2. The number of amides is 1. The Morgan fingerprint density at radius 1 is 1.36 bits per heavy atom. The summed E-state index contributed by atoms with van der Waals surface area (Å²) in [4.78, 5) is 32.4. The number of thioether (sulfide) groups is 1. The van der Waals surface area contributed by atoms with Gasteiger partial charge in [-0.15, -0.1) is 11.3 Å². The molecule has 1 aliphatic rings. The van der Waals surface area contributed by atoms with Crippen molar-refractivity contribution in [1.29, 1.82) is 0 Å². The zero-order valence-electron chi connectivity index (χ0n) is 16.6. The van der Waals surface area contributed by atoms with E-state index >= 15 is 0 Å². The molecule has 0 saturated carbocycles. The number of carbonyl (C=O) groups is 1. The lowest BCUT2D eigenvalue weighted by Crippen LogP contribution is -2.31. The van der Waals surface area contributed by atoms with Crippen LogP contribution in [0.4, 0.5) is 0 Å². The smallest absolute Gasteiger partial charge is 0.348 e. The molecule has 28 heavy (non-hydrogen) atoms. The molecule has 1 aliphatic carbocycles. The molecule has 3 rings (SSSR count). The van der Waals surface area contributed by atoms with E-state index < -0.39 is 0 Å². The number of hydrogen-bond donors (Lipinski definition) is 1. The second-order valence-corrected chi connectivity index (χ2v) is 9.28. The molecule has 0 aromatic carbocycles. The zero-order chi connectivity index (χ0) is 19.9. The highest BCUT2D eigenvalue weighted by atomic mass is 32.2. The van der Waals surface area contributed by atoms with Crippen LogP contribution in [-0.4, -0.2) is 46.8 Å². The maximum absolute atomic E-state index is 12.6. The highest BCUT2D eigenvalue weighted by Crippen LogP contribution is 2.28. The average Bonchev–Trinajstić information content (AvgIpc) is 3.20. The molecule has 0 atom stereocenters. The Bertz CT molecular complexity index is 847. The van der Waals surface area contributed by atoms with Gasteiger partial charge in [0.05, 0.1) is 12.3 Å². The van der Waals surface area contributed by atoms with Gasteiger partial charge in [-0.3, -0.25) is 9.36 Å². The Morgan fingerprint density at radius 2 is 2.18 bits per heavy atom. The van der Waals surface area contributed by atoms with E-state index in [0.29, 0.717) is 13.1 Å². The van der Waals surface area contributed by atoms with Crippen LogP contribution in [0.1, 0.15) is 35.4 Å². The summed E-state index contributed by atoms with van der Waals surface area (Å²) in [7, 11) is 4.08. The van der Waals surface area contributed by atoms with E-state index in [4.69, 9.17) is 0 Å². The summed E-state index contributed by atoms with van der Waals surface area (Å²) in [5.74, 6) is 0.259. The van der Waals surface area contributed by atoms with Crippen molar-refractivity contribution in [2.45, 2.75) is 50.2 Å². The molecule has 152 valence electrons. The number of rotatable bonds is 9. The summed E-state index contributed by atoms with van der Waals surface area (Å²) >= 11 is 3.02. The highest BCUT2D eigenvalue weighted by molar-refractivity contribution is 7.99. The molecular formula is C20H28N4O2S2.